The normalized spacial score (nSPS) is 12.9. The third-order valence-electron chi connectivity index (χ3n) is 13.2. The Morgan fingerprint density at radius 1 is 0.276 bits per heavy atom. The molecule has 0 saturated carbocycles. The molecule has 6 nitrogen and oxygen atoms in total. The lowest BCUT2D eigenvalue weighted by molar-refractivity contribution is -0.167. The molecule has 0 fully saturated rings. The molecule has 0 aromatic carbocycles. The van der Waals surface area contributed by atoms with E-state index in [-0.39, 0.29) is 31.1 Å². The van der Waals surface area contributed by atoms with Crippen molar-refractivity contribution in [1.29, 1.82) is 0 Å². The van der Waals surface area contributed by atoms with Crippen LogP contribution in [-0.4, -0.2) is 37.2 Å². The van der Waals surface area contributed by atoms with Crippen LogP contribution >= 0.6 is 0 Å². The van der Waals surface area contributed by atoms with Crippen LogP contribution in [0.1, 0.15) is 284 Å². The summed E-state index contributed by atoms with van der Waals surface area (Å²) in [6.45, 7) is 6.38. The summed E-state index contributed by atoms with van der Waals surface area (Å²) in [5.41, 5.74) is 0. The molecule has 1 atom stereocenters. The first-order chi connectivity index (χ1) is 37.5. The quantitative estimate of drug-likeness (QED) is 0.0261. The highest BCUT2D eigenvalue weighted by Gasteiger charge is 2.19. The highest BCUT2D eigenvalue weighted by molar-refractivity contribution is 5.71. The van der Waals surface area contributed by atoms with Crippen LogP contribution in [0.2, 0.25) is 0 Å². The lowest BCUT2D eigenvalue weighted by Gasteiger charge is -2.18. The maximum absolute atomic E-state index is 12.9. The summed E-state index contributed by atoms with van der Waals surface area (Å²) >= 11 is 0. The number of hydrogen-bond acceptors (Lipinski definition) is 6. The third kappa shape index (κ3) is 60.7. The van der Waals surface area contributed by atoms with Crippen molar-refractivity contribution in [3.63, 3.8) is 0 Å². The van der Waals surface area contributed by atoms with Gasteiger partial charge in [-0.1, -0.05) is 258 Å². The first kappa shape index (κ1) is 71.8. The summed E-state index contributed by atoms with van der Waals surface area (Å²) in [6, 6.07) is 0. The third-order valence-corrected chi connectivity index (χ3v) is 13.2. The van der Waals surface area contributed by atoms with E-state index < -0.39 is 6.10 Å². The summed E-state index contributed by atoms with van der Waals surface area (Å²) in [4.78, 5) is 38.3. The number of unbranched alkanes of at least 4 members (excludes halogenated alkanes) is 25. The molecule has 0 amide bonds. The van der Waals surface area contributed by atoms with E-state index in [0.717, 1.165) is 135 Å². The summed E-state index contributed by atoms with van der Waals surface area (Å²) in [5.74, 6) is -0.925. The fraction of sp³-hybridized carbons (Fsp3) is 0.671. The number of carbonyl (C=O) groups is 3. The SMILES string of the molecule is CC/C=C\C/C=C\C/C=C\C/C=C\CCCCCCCCCCCCC(=O)OCC(COC(=O)CCCCCC/C=C\C/C=C\C/C=C\C/C=C\CC)OC(=O)CCCCCCCCC/C=C\C/C=C\CCCCCC. The smallest absolute Gasteiger partial charge is 0.306 e. The van der Waals surface area contributed by atoms with Crippen molar-refractivity contribution in [2.75, 3.05) is 13.2 Å². The Labute approximate surface area is 469 Å². The van der Waals surface area contributed by atoms with Gasteiger partial charge in [0.1, 0.15) is 13.2 Å². The van der Waals surface area contributed by atoms with Crippen molar-refractivity contribution in [2.24, 2.45) is 0 Å². The predicted molar refractivity (Wildman–Crippen MR) is 330 cm³/mol. The van der Waals surface area contributed by atoms with Gasteiger partial charge in [0, 0.05) is 19.3 Å². The number of allylic oxidation sites excluding steroid dienone is 20. The Morgan fingerprint density at radius 3 is 0.803 bits per heavy atom. The second-order valence-electron chi connectivity index (χ2n) is 20.5. The minimum atomic E-state index is -0.799. The minimum Gasteiger partial charge on any atom is -0.462 e. The molecule has 0 rings (SSSR count). The van der Waals surface area contributed by atoms with Crippen LogP contribution < -0.4 is 0 Å². The van der Waals surface area contributed by atoms with Crippen LogP contribution in [0.15, 0.2) is 122 Å². The van der Waals surface area contributed by atoms with Gasteiger partial charge in [-0.2, -0.15) is 0 Å². The van der Waals surface area contributed by atoms with E-state index >= 15 is 0 Å². The summed E-state index contributed by atoms with van der Waals surface area (Å²) in [6.07, 6.45) is 87.6. The predicted octanol–water partition coefficient (Wildman–Crippen LogP) is 21.6. The Kier molecular flexibility index (Phi) is 59.9. The Bertz CT molecular complexity index is 1590. The fourth-order valence-electron chi connectivity index (χ4n) is 8.51. The maximum Gasteiger partial charge on any atom is 0.306 e. The summed E-state index contributed by atoms with van der Waals surface area (Å²) < 4.78 is 16.9. The minimum absolute atomic E-state index is 0.0936. The maximum atomic E-state index is 12.9. The second kappa shape index (κ2) is 63.3. The molecule has 0 aliphatic carbocycles. The molecule has 76 heavy (non-hydrogen) atoms. The molecule has 432 valence electrons. The van der Waals surface area contributed by atoms with Gasteiger partial charge < -0.3 is 14.2 Å². The molecule has 0 aliphatic rings. The van der Waals surface area contributed by atoms with E-state index in [0.29, 0.717) is 19.3 Å². The van der Waals surface area contributed by atoms with Crippen molar-refractivity contribution in [1.82, 2.24) is 0 Å². The molecule has 0 aromatic heterocycles. The van der Waals surface area contributed by atoms with Crippen LogP contribution in [0.4, 0.5) is 0 Å². The molecular weight excluding hydrogens is 937 g/mol. The zero-order valence-electron chi connectivity index (χ0n) is 49.5. The van der Waals surface area contributed by atoms with Crippen molar-refractivity contribution in [3.8, 4) is 0 Å². The van der Waals surface area contributed by atoms with Crippen molar-refractivity contribution in [2.45, 2.75) is 290 Å². The average Bonchev–Trinajstić information content (AvgIpc) is 3.42. The lowest BCUT2D eigenvalue weighted by Crippen LogP contribution is -2.30. The number of hydrogen-bond donors (Lipinski definition) is 0. The molecule has 0 spiro atoms. The van der Waals surface area contributed by atoms with E-state index in [1.807, 2.05) is 0 Å². The van der Waals surface area contributed by atoms with Gasteiger partial charge in [0.05, 0.1) is 0 Å². The fourth-order valence-corrected chi connectivity index (χ4v) is 8.51. The molecule has 0 aromatic rings. The summed E-state index contributed by atoms with van der Waals surface area (Å²) in [7, 11) is 0. The van der Waals surface area contributed by atoms with Crippen LogP contribution in [0.3, 0.4) is 0 Å². The monoisotopic (exact) mass is 1050 g/mol. The molecule has 0 bridgehead atoms. The molecule has 6 heteroatoms. The molecule has 0 radical (unpaired) electrons. The molecular formula is C70H116O6. The standard InChI is InChI=1S/C70H116O6/c1-4-7-10-13-16-19-22-25-28-31-33-34-35-36-37-40-42-45-48-51-54-57-60-63-69(72)75-66-67(65-74-68(71)62-59-56-53-50-47-44-41-38-30-27-24-21-18-15-12-9-6-3)76-70(73)64-61-58-55-52-49-46-43-39-32-29-26-23-20-17-14-11-8-5-2/h7,9-10,12,16,18-21,23,25,27-30,32-34,41,44,67H,4-6,8,11,13-15,17,22,24,26,31,35-40,42-43,45-66H2,1-3H3/b10-7-,12-9-,19-16-,21-18-,23-20-,28-25-,30-27-,32-29-,34-33-,44-41-. The largest absolute Gasteiger partial charge is 0.462 e. The van der Waals surface area contributed by atoms with Gasteiger partial charge in [0.15, 0.2) is 6.10 Å². The molecule has 0 heterocycles. The molecule has 0 aliphatic heterocycles. The van der Waals surface area contributed by atoms with Crippen molar-refractivity contribution >= 4 is 17.9 Å². The summed E-state index contributed by atoms with van der Waals surface area (Å²) in [5, 5.41) is 0. The van der Waals surface area contributed by atoms with Gasteiger partial charge >= 0.3 is 17.9 Å². The zero-order chi connectivity index (χ0) is 55.0. The van der Waals surface area contributed by atoms with Crippen LogP contribution in [0, 0.1) is 0 Å². The van der Waals surface area contributed by atoms with Gasteiger partial charge in [0.2, 0.25) is 0 Å². The number of rotatable bonds is 56. The average molecular weight is 1050 g/mol. The van der Waals surface area contributed by atoms with E-state index in [1.54, 1.807) is 0 Å². The number of carbonyl (C=O) groups excluding carboxylic acids is 3. The first-order valence-corrected chi connectivity index (χ1v) is 31.5. The molecule has 0 N–H and O–H groups in total. The Morgan fingerprint density at radius 2 is 0.513 bits per heavy atom. The van der Waals surface area contributed by atoms with Gasteiger partial charge in [-0.25, -0.2) is 0 Å². The number of esters is 3. The number of ether oxygens (including phenoxy) is 3. The highest BCUT2D eigenvalue weighted by Crippen LogP contribution is 2.15. The van der Waals surface area contributed by atoms with Crippen LogP contribution in [-0.2, 0) is 28.6 Å². The van der Waals surface area contributed by atoms with E-state index in [2.05, 4.69) is 142 Å². The second-order valence-corrected chi connectivity index (χ2v) is 20.5. The van der Waals surface area contributed by atoms with E-state index in [9.17, 15) is 14.4 Å². The Hall–Kier alpha value is -4.19. The van der Waals surface area contributed by atoms with Crippen LogP contribution in [0.5, 0.6) is 0 Å². The lowest BCUT2D eigenvalue weighted by atomic mass is 10.1. The van der Waals surface area contributed by atoms with Gasteiger partial charge in [0.25, 0.3) is 0 Å². The van der Waals surface area contributed by atoms with Crippen molar-refractivity contribution < 1.29 is 28.6 Å². The zero-order valence-corrected chi connectivity index (χ0v) is 49.5. The highest BCUT2D eigenvalue weighted by atomic mass is 16.6. The van der Waals surface area contributed by atoms with Gasteiger partial charge in [-0.3, -0.25) is 14.4 Å². The Balaban J connectivity index is 4.43. The van der Waals surface area contributed by atoms with Crippen LogP contribution in [0.25, 0.3) is 0 Å². The van der Waals surface area contributed by atoms with Gasteiger partial charge in [-0.05, 0) is 128 Å². The first-order valence-electron chi connectivity index (χ1n) is 31.5. The molecule has 1 unspecified atom stereocenters. The van der Waals surface area contributed by atoms with Gasteiger partial charge in [-0.15, -0.1) is 0 Å². The van der Waals surface area contributed by atoms with Crippen molar-refractivity contribution in [3.05, 3.63) is 122 Å². The van der Waals surface area contributed by atoms with E-state index in [1.165, 1.54) is 109 Å². The van der Waals surface area contributed by atoms with E-state index in [4.69, 9.17) is 14.2 Å². The molecule has 0 saturated heterocycles. The topological polar surface area (TPSA) is 78.9 Å².